The van der Waals surface area contributed by atoms with Gasteiger partial charge in [0.25, 0.3) is 0 Å². The van der Waals surface area contributed by atoms with Crippen LogP contribution in [0.15, 0.2) is 30.6 Å². The van der Waals surface area contributed by atoms with Gasteiger partial charge in [-0.15, -0.1) is 0 Å². The van der Waals surface area contributed by atoms with E-state index in [1.807, 2.05) is 0 Å². The number of aromatic nitrogens is 3. The summed E-state index contributed by atoms with van der Waals surface area (Å²) in [6.07, 6.45) is -1.88. The lowest BCUT2D eigenvalue weighted by Crippen LogP contribution is -2.11. The molecule has 0 aliphatic carbocycles. The summed E-state index contributed by atoms with van der Waals surface area (Å²) in [6, 6.07) is 4.26. The lowest BCUT2D eigenvalue weighted by atomic mass is 10.2. The third-order valence-electron chi connectivity index (χ3n) is 2.43. The van der Waals surface area contributed by atoms with Gasteiger partial charge in [-0.1, -0.05) is 6.07 Å². The second kappa shape index (κ2) is 5.72. The number of hydrogen-bond donors (Lipinski definition) is 1. The molecule has 2 aromatic heterocycles. The summed E-state index contributed by atoms with van der Waals surface area (Å²) in [5.74, 6) is 0.290. The molecule has 0 spiro atoms. The molecular weight excluding hydrogens is 273 g/mol. The molecule has 5 nitrogen and oxygen atoms in total. The predicted molar refractivity (Wildman–Crippen MR) is 65.1 cm³/mol. The fraction of sp³-hybridized carbons (Fsp3) is 0.250. The van der Waals surface area contributed by atoms with Crippen molar-refractivity contribution in [3.63, 3.8) is 0 Å². The van der Waals surface area contributed by atoms with Crippen molar-refractivity contribution in [2.24, 2.45) is 0 Å². The SMILES string of the molecule is COc1ncccc1CNc1nccc(C(F)(F)F)n1. The predicted octanol–water partition coefficient (Wildman–Crippen LogP) is 2.51. The zero-order chi connectivity index (χ0) is 14.6. The average Bonchev–Trinajstić information content (AvgIpc) is 2.45. The van der Waals surface area contributed by atoms with Crippen molar-refractivity contribution in [3.05, 3.63) is 41.9 Å². The standard InChI is InChI=1S/C12H11F3N4O/c1-20-10-8(3-2-5-16-10)7-18-11-17-6-4-9(19-11)12(13,14)15/h2-6H,7H2,1H3,(H,17,18,19). The van der Waals surface area contributed by atoms with Gasteiger partial charge >= 0.3 is 6.18 Å². The van der Waals surface area contributed by atoms with Crippen LogP contribution in [0.2, 0.25) is 0 Å². The Kier molecular flexibility index (Phi) is 4.02. The van der Waals surface area contributed by atoms with Crippen LogP contribution < -0.4 is 10.1 Å². The van der Waals surface area contributed by atoms with Crippen molar-refractivity contribution in [3.8, 4) is 5.88 Å². The maximum atomic E-state index is 12.5. The summed E-state index contributed by atoms with van der Waals surface area (Å²) < 4.78 is 42.5. The zero-order valence-corrected chi connectivity index (χ0v) is 10.5. The molecule has 0 bridgehead atoms. The molecule has 0 aromatic carbocycles. The van der Waals surface area contributed by atoms with Gasteiger partial charge in [0.05, 0.1) is 7.11 Å². The summed E-state index contributed by atoms with van der Waals surface area (Å²) in [7, 11) is 1.46. The molecule has 0 unspecified atom stereocenters. The lowest BCUT2D eigenvalue weighted by molar-refractivity contribution is -0.141. The number of alkyl halides is 3. The molecule has 8 heteroatoms. The quantitative estimate of drug-likeness (QED) is 0.934. The summed E-state index contributed by atoms with van der Waals surface area (Å²) in [5.41, 5.74) is -0.302. The fourth-order valence-corrected chi connectivity index (χ4v) is 1.52. The van der Waals surface area contributed by atoms with Crippen molar-refractivity contribution in [2.75, 3.05) is 12.4 Å². The highest BCUT2D eigenvalue weighted by atomic mass is 19.4. The van der Waals surface area contributed by atoms with Gasteiger partial charge in [0.1, 0.15) is 5.69 Å². The van der Waals surface area contributed by atoms with Crippen molar-refractivity contribution in [2.45, 2.75) is 12.7 Å². The molecule has 0 aliphatic heterocycles. The van der Waals surface area contributed by atoms with E-state index in [0.29, 0.717) is 11.4 Å². The molecule has 0 saturated heterocycles. The van der Waals surface area contributed by atoms with Gasteiger partial charge in [-0.05, 0) is 12.1 Å². The molecule has 0 atom stereocenters. The molecule has 0 saturated carbocycles. The summed E-state index contributed by atoms with van der Waals surface area (Å²) in [6.45, 7) is 0.207. The van der Waals surface area contributed by atoms with Crippen LogP contribution in [0, 0.1) is 0 Å². The first kappa shape index (κ1) is 14.0. The first-order valence-electron chi connectivity index (χ1n) is 5.62. The smallest absolute Gasteiger partial charge is 0.433 e. The number of nitrogens with zero attached hydrogens (tertiary/aromatic N) is 3. The normalized spacial score (nSPS) is 11.2. The van der Waals surface area contributed by atoms with E-state index in [-0.39, 0.29) is 12.5 Å². The molecule has 2 aromatic rings. The third-order valence-corrected chi connectivity index (χ3v) is 2.43. The number of hydrogen-bond acceptors (Lipinski definition) is 5. The van der Waals surface area contributed by atoms with Gasteiger partial charge in [0.2, 0.25) is 11.8 Å². The van der Waals surface area contributed by atoms with Crippen molar-refractivity contribution in [1.29, 1.82) is 0 Å². The molecule has 20 heavy (non-hydrogen) atoms. The third kappa shape index (κ3) is 3.34. The zero-order valence-electron chi connectivity index (χ0n) is 10.5. The number of halogens is 3. The summed E-state index contributed by atoms with van der Waals surface area (Å²) in [5, 5.41) is 2.71. The Labute approximate surface area is 112 Å². The van der Waals surface area contributed by atoms with Crippen LogP contribution in [-0.4, -0.2) is 22.1 Å². The van der Waals surface area contributed by atoms with E-state index < -0.39 is 11.9 Å². The Hall–Kier alpha value is -2.38. The van der Waals surface area contributed by atoms with Crippen LogP contribution in [0.1, 0.15) is 11.3 Å². The molecule has 0 fully saturated rings. The maximum Gasteiger partial charge on any atom is 0.433 e. The second-order valence-electron chi connectivity index (χ2n) is 3.79. The van der Waals surface area contributed by atoms with E-state index in [0.717, 1.165) is 12.3 Å². The second-order valence-corrected chi connectivity index (χ2v) is 3.79. The lowest BCUT2D eigenvalue weighted by Gasteiger charge is -2.10. The molecule has 0 amide bonds. The Morgan fingerprint density at radius 2 is 2.00 bits per heavy atom. The Morgan fingerprint density at radius 1 is 1.20 bits per heavy atom. The van der Waals surface area contributed by atoms with Gasteiger partial charge < -0.3 is 10.1 Å². The van der Waals surface area contributed by atoms with E-state index in [2.05, 4.69) is 20.3 Å². The number of nitrogens with one attached hydrogen (secondary N) is 1. The highest BCUT2D eigenvalue weighted by Crippen LogP contribution is 2.27. The molecule has 2 rings (SSSR count). The summed E-state index contributed by atoms with van der Waals surface area (Å²) >= 11 is 0. The van der Waals surface area contributed by atoms with Gasteiger partial charge in [-0.25, -0.2) is 15.0 Å². The summed E-state index contributed by atoms with van der Waals surface area (Å²) in [4.78, 5) is 11.1. The topological polar surface area (TPSA) is 59.9 Å². The first-order valence-corrected chi connectivity index (χ1v) is 5.62. The van der Waals surface area contributed by atoms with Crippen molar-refractivity contribution in [1.82, 2.24) is 15.0 Å². The van der Waals surface area contributed by atoms with Crippen LogP contribution in [-0.2, 0) is 12.7 Å². The molecule has 106 valence electrons. The Morgan fingerprint density at radius 3 is 2.70 bits per heavy atom. The number of anilines is 1. The van der Waals surface area contributed by atoms with Gasteiger partial charge in [-0.2, -0.15) is 13.2 Å². The molecular formula is C12H11F3N4O. The van der Waals surface area contributed by atoms with Gasteiger partial charge in [-0.3, -0.25) is 0 Å². The highest BCUT2D eigenvalue weighted by Gasteiger charge is 2.32. The van der Waals surface area contributed by atoms with Crippen LogP contribution in [0.5, 0.6) is 5.88 Å². The average molecular weight is 284 g/mol. The minimum atomic E-state index is -4.49. The van der Waals surface area contributed by atoms with Crippen LogP contribution in [0.25, 0.3) is 0 Å². The number of methoxy groups -OCH3 is 1. The molecule has 2 heterocycles. The van der Waals surface area contributed by atoms with Gasteiger partial charge in [0.15, 0.2) is 0 Å². The number of rotatable bonds is 4. The van der Waals surface area contributed by atoms with E-state index >= 15 is 0 Å². The fourth-order valence-electron chi connectivity index (χ4n) is 1.52. The largest absolute Gasteiger partial charge is 0.481 e. The van der Waals surface area contributed by atoms with Crippen molar-refractivity contribution < 1.29 is 17.9 Å². The molecule has 1 N–H and O–H groups in total. The number of pyridine rings is 1. The maximum absolute atomic E-state index is 12.5. The Balaban J connectivity index is 2.11. The first-order chi connectivity index (χ1) is 9.50. The van der Waals surface area contributed by atoms with Crippen LogP contribution >= 0.6 is 0 Å². The van der Waals surface area contributed by atoms with E-state index in [1.165, 1.54) is 7.11 Å². The number of ether oxygens (including phenoxy) is 1. The van der Waals surface area contributed by atoms with Crippen LogP contribution in [0.3, 0.4) is 0 Å². The van der Waals surface area contributed by atoms with Crippen molar-refractivity contribution >= 4 is 5.95 Å². The van der Waals surface area contributed by atoms with Crippen LogP contribution in [0.4, 0.5) is 19.1 Å². The highest BCUT2D eigenvalue weighted by molar-refractivity contribution is 5.32. The van der Waals surface area contributed by atoms with E-state index in [4.69, 9.17) is 4.74 Å². The van der Waals surface area contributed by atoms with E-state index in [9.17, 15) is 13.2 Å². The van der Waals surface area contributed by atoms with E-state index in [1.54, 1.807) is 18.3 Å². The Bertz CT molecular complexity index is 589. The molecule has 0 radical (unpaired) electrons. The monoisotopic (exact) mass is 284 g/mol. The minimum absolute atomic E-state index is 0.106. The minimum Gasteiger partial charge on any atom is -0.481 e. The van der Waals surface area contributed by atoms with Gasteiger partial charge in [0, 0.05) is 24.5 Å². The molecule has 0 aliphatic rings.